The number of carbonyl (C=O) groups is 2. The molecule has 3 aromatic heterocycles. The van der Waals surface area contributed by atoms with Crippen molar-refractivity contribution < 1.29 is 9.59 Å². The summed E-state index contributed by atoms with van der Waals surface area (Å²) in [7, 11) is 0. The molecule has 0 aliphatic rings. The molecule has 10 heteroatoms. The molecule has 162 valence electrons. The van der Waals surface area contributed by atoms with Crippen LogP contribution in [0.5, 0.6) is 0 Å². The summed E-state index contributed by atoms with van der Waals surface area (Å²) in [4.78, 5) is 33.3. The van der Waals surface area contributed by atoms with Gasteiger partial charge in [0.2, 0.25) is 11.9 Å². The maximum absolute atomic E-state index is 12.8. The fourth-order valence-electron chi connectivity index (χ4n) is 3.18. The van der Waals surface area contributed by atoms with E-state index in [0.717, 1.165) is 11.3 Å². The Kier molecular flexibility index (Phi) is 6.30. The first-order chi connectivity index (χ1) is 15.6. The minimum atomic E-state index is -0.379. The van der Waals surface area contributed by atoms with E-state index in [9.17, 15) is 9.59 Å². The number of pyridine rings is 1. The summed E-state index contributed by atoms with van der Waals surface area (Å²) in [6.45, 7) is 2.36. The monoisotopic (exact) mass is 430 g/mol. The van der Waals surface area contributed by atoms with Gasteiger partial charge in [0.05, 0.1) is 17.5 Å². The third-order valence-corrected chi connectivity index (χ3v) is 4.71. The maximum atomic E-state index is 12.8. The molecule has 1 aromatic carbocycles. The molecule has 2 N–H and O–H groups in total. The van der Waals surface area contributed by atoms with Crippen molar-refractivity contribution in [3.63, 3.8) is 0 Å². The van der Waals surface area contributed by atoms with E-state index >= 15 is 0 Å². The Hall–Kier alpha value is -4.34. The molecule has 0 saturated carbocycles. The molecule has 0 unspecified atom stereocenters. The van der Waals surface area contributed by atoms with Crippen molar-refractivity contribution in [2.45, 2.75) is 26.4 Å². The molecule has 4 rings (SSSR count). The van der Waals surface area contributed by atoms with E-state index in [2.05, 4.69) is 30.8 Å². The quantitative estimate of drug-likeness (QED) is 0.441. The number of nitrogens with one attached hydrogen (secondary N) is 2. The van der Waals surface area contributed by atoms with Crippen LogP contribution in [-0.4, -0.2) is 41.3 Å². The number of anilines is 1. The number of rotatable bonds is 8. The molecule has 0 aliphatic carbocycles. The second-order valence-corrected chi connectivity index (χ2v) is 6.94. The van der Waals surface area contributed by atoms with Crippen molar-refractivity contribution >= 4 is 17.8 Å². The number of benzene rings is 1. The first kappa shape index (κ1) is 20.9. The number of nitrogens with zero attached hydrogens (tertiary/aromatic N) is 6. The minimum Gasteiger partial charge on any atom is -0.350 e. The predicted molar refractivity (Wildman–Crippen MR) is 117 cm³/mol. The number of aromatic nitrogens is 6. The molecule has 0 aliphatic heterocycles. The zero-order chi connectivity index (χ0) is 22.3. The van der Waals surface area contributed by atoms with Gasteiger partial charge in [-0.15, -0.1) is 5.10 Å². The minimum absolute atomic E-state index is 0.00643. The molecule has 32 heavy (non-hydrogen) atoms. The highest BCUT2D eigenvalue weighted by Gasteiger charge is 2.19. The van der Waals surface area contributed by atoms with Crippen molar-refractivity contribution in [1.82, 2.24) is 34.8 Å². The van der Waals surface area contributed by atoms with Gasteiger partial charge in [0.15, 0.2) is 5.82 Å². The van der Waals surface area contributed by atoms with Crippen LogP contribution in [0.2, 0.25) is 0 Å². The van der Waals surface area contributed by atoms with Crippen LogP contribution < -0.4 is 10.6 Å². The summed E-state index contributed by atoms with van der Waals surface area (Å²) >= 11 is 0. The van der Waals surface area contributed by atoms with Crippen LogP contribution in [0, 0.1) is 0 Å². The van der Waals surface area contributed by atoms with Crippen LogP contribution in [0.3, 0.4) is 0 Å². The van der Waals surface area contributed by atoms with Crippen LogP contribution >= 0.6 is 0 Å². The zero-order valence-corrected chi connectivity index (χ0v) is 17.5. The number of carbonyl (C=O) groups excluding carboxylic acids is 2. The summed E-state index contributed by atoms with van der Waals surface area (Å²) in [6.07, 6.45) is 5.15. The molecule has 0 atom stereocenters. The molecule has 0 saturated heterocycles. The third kappa shape index (κ3) is 4.86. The highest BCUT2D eigenvalue weighted by molar-refractivity contribution is 6.04. The molecule has 10 nitrogen and oxygen atoms in total. The van der Waals surface area contributed by atoms with Gasteiger partial charge in [-0.1, -0.05) is 43.3 Å². The van der Waals surface area contributed by atoms with Gasteiger partial charge in [-0.2, -0.15) is 5.10 Å². The summed E-state index contributed by atoms with van der Waals surface area (Å²) < 4.78 is 3.01. The van der Waals surface area contributed by atoms with Crippen LogP contribution in [0.1, 0.15) is 28.5 Å². The molecule has 0 bridgehead atoms. The van der Waals surface area contributed by atoms with Crippen molar-refractivity contribution in [2.24, 2.45) is 0 Å². The van der Waals surface area contributed by atoms with Gasteiger partial charge >= 0.3 is 0 Å². The fourth-order valence-corrected chi connectivity index (χ4v) is 3.18. The Morgan fingerprint density at radius 1 is 1.03 bits per heavy atom. The summed E-state index contributed by atoms with van der Waals surface area (Å²) in [5.74, 6) is 0.155. The largest absolute Gasteiger partial charge is 0.350 e. The van der Waals surface area contributed by atoms with Gasteiger partial charge in [-0.3, -0.25) is 14.9 Å². The summed E-state index contributed by atoms with van der Waals surface area (Å²) in [5, 5.41) is 14.0. The Balaban J connectivity index is 1.38. The van der Waals surface area contributed by atoms with Gasteiger partial charge in [-0.25, -0.2) is 19.3 Å². The molecule has 4 aromatic rings. The topological polar surface area (TPSA) is 120 Å². The lowest BCUT2D eigenvalue weighted by molar-refractivity contribution is -0.122. The molecular formula is C22H22N8O2. The van der Waals surface area contributed by atoms with Crippen molar-refractivity contribution in [2.75, 3.05) is 5.32 Å². The van der Waals surface area contributed by atoms with E-state index in [4.69, 9.17) is 0 Å². The average molecular weight is 430 g/mol. The van der Waals surface area contributed by atoms with Gasteiger partial charge in [-0.05, 0) is 24.1 Å². The van der Waals surface area contributed by atoms with Crippen LogP contribution in [0.4, 0.5) is 5.95 Å². The summed E-state index contributed by atoms with van der Waals surface area (Å²) in [5.41, 5.74) is 2.14. The fraction of sp³-hybridized carbons (Fsp3) is 0.182. The molecule has 2 amide bonds. The third-order valence-electron chi connectivity index (χ3n) is 4.71. The molecule has 0 radical (unpaired) electrons. The normalized spacial score (nSPS) is 10.7. The van der Waals surface area contributed by atoms with Crippen LogP contribution in [0.15, 0.2) is 67.3 Å². The van der Waals surface area contributed by atoms with E-state index in [1.54, 1.807) is 10.9 Å². The Bertz CT molecular complexity index is 1200. The number of hydrogen-bond acceptors (Lipinski definition) is 6. The number of hydrogen-bond donors (Lipinski definition) is 2. The second kappa shape index (κ2) is 9.65. The van der Waals surface area contributed by atoms with E-state index in [1.165, 1.54) is 17.2 Å². The van der Waals surface area contributed by atoms with Crippen molar-refractivity contribution in [3.05, 3.63) is 84.1 Å². The number of amides is 2. The van der Waals surface area contributed by atoms with Crippen molar-refractivity contribution in [3.8, 4) is 5.82 Å². The van der Waals surface area contributed by atoms with E-state index < -0.39 is 0 Å². The lowest BCUT2D eigenvalue weighted by Gasteiger charge is -2.06. The maximum Gasteiger partial charge on any atom is 0.261 e. The van der Waals surface area contributed by atoms with Gasteiger partial charge in [0.25, 0.3) is 5.91 Å². The molecule has 0 fully saturated rings. The van der Waals surface area contributed by atoms with Crippen molar-refractivity contribution in [1.29, 1.82) is 0 Å². The Labute approximate surface area is 184 Å². The standard InChI is InChI=1S/C22H22N8O2/c1-2-18-17(13-26-30(18)19-10-6-7-11-23-19)21(32)27-22-25-15-29(28-22)14-20(31)24-12-16-8-4-3-5-9-16/h3-11,13,15H,2,12,14H2,1H3,(H,24,31)(H,27,28,32). The lowest BCUT2D eigenvalue weighted by Crippen LogP contribution is -2.27. The van der Waals surface area contributed by atoms with Crippen LogP contribution in [-0.2, 0) is 24.3 Å². The van der Waals surface area contributed by atoms with Gasteiger partial charge in [0, 0.05) is 12.7 Å². The lowest BCUT2D eigenvalue weighted by atomic mass is 10.2. The molecule has 3 heterocycles. The van der Waals surface area contributed by atoms with E-state index in [0.29, 0.717) is 24.3 Å². The first-order valence-electron chi connectivity index (χ1n) is 10.1. The van der Waals surface area contributed by atoms with Crippen LogP contribution in [0.25, 0.3) is 5.82 Å². The van der Waals surface area contributed by atoms with Gasteiger partial charge < -0.3 is 5.32 Å². The highest BCUT2D eigenvalue weighted by Crippen LogP contribution is 2.15. The van der Waals surface area contributed by atoms with E-state index in [-0.39, 0.29) is 24.3 Å². The predicted octanol–water partition coefficient (Wildman–Crippen LogP) is 1.99. The Morgan fingerprint density at radius 2 is 1.84 bits per heavy atom. The average Bonchev–Trinajstić information content (AvgIpc) is 3.45. The second-order valence-electron chi connectivity index (χ2n) is 6.94. The summed E-state index contributed by atoms with van der Waals surface area (Å²) in [6, 6.07) is 15.1. The first-order valence-corrected chi connectivity index (χ1v) is 10.1. The van der Waals surface area contributed by atoms with Gasteiger partial charge in [0.1, 0.15) is 12.9 Å². The SMILES string of the molecule is CCc1c(C(=O)Nc2ncn(CC(=O)NCc3ccccc3)n2)cnn1-c1ccccn1. The molecule has 0 spiro atoms. The zero-order valence-electron chi connectivity index (χ0n) is 17.5. The smallest absolute Gasteiger partial charge is 0.261 e. The molecular weight excluding hydrogens is 408 g/mol. The Morgan fingerprint density at radius 3 is 2.59 bits per heavy atom. The van der Waals surface area contributed by atoms with E-state index in [1.807, 2.05) is 55.5 Å². The highest BCUT2D eigenvalue weighted by atomic mass is 16.2.